The Kier molecular flexibility index (Phi) is 5.36. The van der Waals surface area contributed by atoms with E-state index in [1.165, 1.54) is 22.2 Å². The van der Waals surface area contributed by atoms with Crippen molar-refractivity contribution in [1.82, 2.24) is 9.55 Å². The van der Waals surface area contributed by atoms with E-state index in [-0.39, 0.29) is 30.0 Å². The fourth-order valence-electron chi connectivity index (χ4n) is 2.84. The third-order valence-electron chi connectivity index (χ3n) is 3.88. The van der Waals surface area contributed by atoms with Crippen LogP contribution in [0.3, 0.4) is 0 Å². The standard InChI is InChI=1S/C19H19N3O4S/c1-4-26-19(25)14-9-27-17-16(14)18(24)22(10-20-17)8-15(23)21-13-6-11(2)5-12(3)7-13/h5-7,9-10H,4,8H2,1-3H3,(H,21,23). The lowest BCUT2D eigenvalue weighted by Crippen LogP contribution is -2.28. The van der Waals surface area contributed by atoms with Crippen molar-refractivity contribution in [1.29, 1.82) is 0 Å². The number of thiophene rings is 1. The number of aromatic nitrogens is 2. The molecule has 1 N–H and O–H groups in total. The number of carbonyl (C=O) groups is 2. The Bertz CT molecular complexity index is 1060. The molecule has 1 aromatic carbocycles. The number of anilines is 1. The summed E-state index contributed by atoms with van der Waals surface area (Å²) >= 11 is 1.19. The molecule has 0 aliphatic carbocycles. The van der Waals surface area contributed by atoms with Crippen molar-refractivity contribution in [3.63, 3.8) is 0 Å². The molecule has 0 saturated heterocycles. The van der Waals surface area contributed by atoms with Crippen LogP contribution >= 0.6 is 11.3 Å². The van der Waals surface area contributed by atoms with E-state index < -0.39 is 11.5 Å². The summed E-state index contributed by atoms with van der Waals surface area (Å²) in [5.41, 5.74) is 2.46. The van der Waals surface area contributed by atoms with Crippen LogP contribution in [0.25, 0.3) is 10.2 Å². The number of nitrogens with zero attached hydrogens (tertiary/aromatic N) is 2. The molecule has 0 unspecified atom stereocenters. The summed E-state index contributed by atoms with van der Waals surface area (Å²) in [5.74, 6) is -0.920. The van der Waals surface area contributed by atoms with E-state index >= 15 is 0 Å². The molecule has 0 saturated carbocycles. The number of aryl methyl sites for hydroxylation is 2. The molecule has 27 heavy (non-hydrogen) atoms. The van der Waals surface area contributed by atoms with Crippen LogP contribution in [0.2, 0.25) is 0 Å². The summed E-state index contributed by atoms with van der Waals surface area (Å²) in [7, 11) is 0. The molecule has 0 fully saturated rings. The van der Waals surface area contributed by atoms with Crippen LogP contribution < -0.4 is 10.9 Å². The molecule has 0 aliphatic heterocycles. The molecule has 3 rings (SSSR count). The summed E-state index contributed by atoms with van der Waals surface area (Å²) in [6.07, 6.45) is 1.32. The fraction of sp³-hybridized carbons (Fsp3) is 0.263. The first kappa shape index (κ1) is 18.8. The van der Waals surface area contributed by atoms with Gasteiger partial charge >= 0.3 is 5.97 Å². The van der Waals surface area contributed by atoms with E-state index in [9.17, 15) is 14.4 Å². The lowest BCUT2D eigenvalue weighted by molar-refractivity contribution is -0.116. The van der Waals surface area contributed by atoms with Gasteiger partial charge in [0.25, 0.3) is 5.56 Å². The van der Waals surface area contributed by atoms with Crippen LogP contribution in [0.4, 0.5) is 5.69 Å². The number of esters is 1. The number of rotatable bonds is 5. The summed E-state index contributed by atoms with van der Waals surface area (Å²) in [6, 6.07) is 5.71. The van der Waals surface area contributed by atoms with Crippen molar-refractivity contribution in [2.24, 2.45) is 0 Å². The Morgan fingerprint density at radius 2 is 1.93 bits per heavy atom. The van der Waals surface area contributed by atoms with Crippen LogP contribution in [-0.2, 0) is 16.1 Å². The summed E-state index contributed by atoms with van der Waals surface area (Å²) in [4.78, 5) is 41.8. The molecule has 7 nitrogen and oxygen atoms in total. The van der Waals surface area contributed by atoms with Gasteiger partial charge in [-0.1, -0.05) is 6.07 Å². The zero-order valence-electron chi connectivity index (χ0n) is 15.2. The van der Waals surface area contributed by atoms with E-state index in [1.807, 2.05) is 32.0 Å². The minimum Gasteiger partial charge on any atom is -0.462 e. The molecule has 3 aromatic rings. The average molecular weight is 385 g/mol. The highest BCUT2D eigenvalue weighted by Gasteiger charge is 2.19. The molecule has 1 amide bonds. The van der Waals surface area contributed by atoms with E-state index in [1.54, 1.807) is 12.3 Å². The maximum atomic E-state index is 12.8. The second-order valence-corrected chi connectivity index (χ2v) is 7.01. The molecular formula is C19H19N3O4S. The van der Waals surface area contributed by atoms with Crippen LogP contribution in [-0.4, -0.2) is 28.0 Å². The highest BCUT2D eigenvalue weighted by atomic mass is 32.1. The highest BCUT2D eigenvalue weighted by molar-refractivity contribution is 7.17. The van der Waals surface area contributed by atoms with Gasteiger partial charge in [0, 0.05) is 11.1 Å². The maximum absolute atomic E-state index is 12.8. The fourth-order valence-corrected chi connectivity index (χ4v) is 3.71. The Balaban J connectivity index is 1.87. The molecule has 2 aromatic heterocycles. The molecule has 2 heterocycles. The second kappa shape index (κ2) is 7.71. The van der Waals surface area contributed by atoms with Crippen molar-refractivity contribution in [2.45, 2.75) is 27.3 Å². The monoisotopic (exact) mass is 385 g/mol. The number of ether oxygens (including phenoxy) is 1. The Hall–Kier alpha value is -3.00. The van der Waals surface area contributed by atoms with Crippen molar-refractivity contribution in [3.8, 4) is 0 Å². The summed E-state index contributed by atoms with van der Waals surface area (Å²) in [6.45, 7) is 5.59. The predicted molar refractivity (Wildman–Crippen MR) is 104 cm³/mol. The highest BCUT2D eigenvalue weighted by Crippen LogP contribution is 2.21. The topological polar surface area (TPSA) is 90.3 Å². The first-order chi connectivity index (χ1) is 12.9. The number of benzene rings is 1. The second-order valence-electron chi connectivity index (χ2n) is 6.15. The van der Waals surface area contributed by atoms with Crippen molar-refractivity contribution in [3.05, 3.63) is 57.0 Å². The first-order valence-corrected chi connectivity index (χ1v) is 9.29. The van der Waals surface area contributed by atoms with Gasteiger partial charge in [-0.3, -0.25) is 14.2 Å². The minimum absolute atomic E-state index is 0.179. The zero-order chi connectivity index (χ0) is 19.6. The van der Waals surface area contributed by atoms with Crippen LogP contribution in [0.5, 0.6) is 0 Å². The number of fused-ring (bicyclic) bond motifs is 1. The third kappa shape index (κ3) is 4.06. The number of hydrogen-bond acceptors (Lipinski definition) is 6. The Labute approximate surface area is 159 Å². The molecule has 0 radical (unpaired) electrons. The quantitative estimate of drug-likeness (QED) is 0.682. The van der Waals surface area contributed by atoms with E-state index in [4.69, 9.17) is 4.74 Å². The van der Waals surface area contributed by atoms with Gasteiger partial charge in [0.2, 0.25) is 5.91 Å². The zero-order valence-corrected chi connectivity index (χ0v) is 16.1. The minimum atomic E-state index is -0.569. The Morgan fingerprint density at radius 1 is 1.22 bits per heavy atom. The average Bonchev–Trinajstić information content (AvgIpc) is 3.01. The number of carbonyl (C=O) groups excluding carboxylic acids is 2. The van der Waals surface area contributed by atoms with Gasteiger partial charge in [0.1, 0.15) is 11.4 Å². The molecule has 8 heteroatoms. The van der Waals surface area contributed by atoms with Crippen LogP contribution in [0.1, 0.15) is 28.4 Å². The normalized spacial score (nSPS) is 10.8. The lowest BCUT2D eigenvalue weighted by Gasteiger charge is -2.09. The molecule has 0 bridgehead atoms. The van der Waals surface area contributed by atoms with Crippen LogP contribution in [0, 0.1) is 13.8 Å². The van der Waals surface area contributed by atoms with Gasteiger partial charge < -0.3 is 10.1 Å². The van der Waals surface area contributed by atoms with Gasteiger partial charge in [-0.2, -0.15) is 0 Å². The summed E-state index contributed by atoms with van der Waals surface area (Å²) in [5, 5.41) is 4.52. The molecule has 140 valence electrons. The SMILES string of the molecule is CCOC(=O)c1csc2ncn(CC(=O)Nc3cc(C)cc(C)c3)c(=O)c12. The molecule has 0 spiro atoms. The molecule has 0 atom stereocenters. The van der Waals surface area contributed by atoms with Gasteiger partial charge in [0.15, 0.2) is 0 Å². The number of nitrogens with one attached hydrogen (secondary N) is 1. The van der Waals surface area contributed by atoms with Gasteiger partial charge in [-0.05, 0) is 44.0 Å². The lowest BCUT2D eigenvalue weighted by atomic mass is 10.1. The van der Waals surface area contributed by atoms with Crippen molar-refractivity contribution < 1.29 is 14.3 Å². The Morgan fingerprint density at radius 3 is 2.59 bits per heavy atom. The van der Waals surface area contributed by atoms with E-state index in [0.717, 1.165) is 11.1 Å². The van der Waals surface area contributed by atoms with E-state index in [0.29, 0.717) is 10.5 Å². The van der Waals surface area contributed by atoms with Gasteiger partial charge in [0.05, 0.1) is 23.9 Å². The van der Waals surface area contributed by atoms with Crippen molar-refractivity contribution in [2.75, 3.05) is 11.9 Å². The molecular weight excluding hydrogens is 366 g/mol. The number of amides is 1. The number of hydrogen-bond donors (Lipinski definition) is 1. The molecule has 0 aliphatic rings. The predicted octanol–water partition coefficient (Wildman–Crippen LogP) is 2.89. The summed E-state index contributed by atoms with van der Waals surface area (Å²) < 4.78 is 6.17. The van der Waals surface area contributed by atoms with Gasteiger partial charge in [-0.15, -0.1) is 11.3 Å². The third-order valence-corrected chi connectivity index (χ3v) is 4.76. The van der Waals surface area contributed by atoms with Crippen LogP contribution in [0.15, 0.2) is 34.7 Å². The van der Waals surface area contributed by atoms with E-state index in [2.05, 4.69) is 10.3 Å². The van der Waals surface area contributed by atoms with Crippen molar-refractivity contribution >= 4 is 39.1 Å². The first-order valence-electron chi connectivity index (χ1n) is 8.41. The van der Waals surface area contributed by atoms with Gasteiger partial charge in [-0.25, -0.2) is 9.78 Å². The maximum Gasteiger partial charge on any atom is 0.339 e. The smallest absolute Gasteiger partial charge is 0.339 e. The largest absolute Gasteiger partial charge is 0.462 e.